The van der Waals surface area contributed by atoms with Gasteiger partial charge in [-0.2, -0.15) is 0 Å². The number of aliphatic hydroxyl groups excluding tert-OH is 1. The minimum Gasteiger partial charge on any atom is -0.478 e. The van der Waals surface area contributed by atoms with Crippen LogP contribution in [-0.2, 0) is 4.79 Å². The monoisotopic (exact) mass is 292 g/mol. The Morgan fingerprint density at radius 1 is 1.29 bits per heavy atom. The van der Waals surface area contributed by atoms with Gasteiger partial charge in [-0.05, 0) is 37.1 Å². The lowest BCUT2D eigenvalue weighted by Gasteiger charge is -2.20. The molecule has 0 saturated carbocycles. The molecule has 0 bridgehead atoms. The van der Waals surface area contributed by atoms with Gasteiger partial charge >= 0.3 is 12.0 Å². The number of carboxylic acids is 1. The second-order valence-corrected chi connectivity index (χ2v) is 4.38. The van der Waals surface area contributed by atoms with Crippen LogP contribution in [0.3, 0.4) is 0 Å². The summed E-state index contributed by atoms with van der Waals surface area (Å²) in [5.74, 6) is -1.00. The molecule has 0 atom stereocenters. The molecule has 6 heteroatoms. The van der Waals surface area contributed by atoms with Gasteiger partial charge in [0.2, 0.25) is 0 Å². The number of rotatable bonds is 7. The minimum absolute atomic E-state index is 0.0500. The van der Waals surface area contributed by atoms with Crippen molar-refractivity contribution in [3.8, 4) is 0 Å². The van der Waals surface area contributed by atoms with E-state index in [4.69, 9.17) is 10.2 Å². The van der Waals surface area contributed by atoms with E-state index in [2.05, 4.69) is 5.32 Å². The molecule has 0 saturated heterocycles. The molecule has 0 aliphatic heterocycles. The van der Waals surface area contributed by atoms with E-state index in [9.17, 15) is 9.59 Å². The Bertz CT molecular complexity index is 497. The van der Waals surface area contributed by atoms with E-state index in [1.54, 1.807) is 29.2 Å². The van der Waals surface area contributed by atoms with Gasteiger partial charge in [0.25, 0.3) is 0 Å². The third kappa shape index (κ3) is 6.09. The molecule has 3 N–H and O–H groups in total. The predicted octanol–water partition coefficient (Wildman–Crippen LogP) is 2.02. The topological polar surface area (TPSA) is 89.9 Å². The lowest BCUT2D eigenvalue weighted by molar-refractivity contribution is -0.131. The Labute approximate surface area is 123 Å². The molecule has 0 aromatic heterocycles. The minimum atomic E-state index is -1.00. The highest BCUT2D eigenvalue weighted by molar-refractivity contribution is 5.89. The second kappa shape index (κ2) is 8.76. The number of carbonyl (C=O) groups is 2. The summed E-state index contributed by atoms with van der Waals surface area (Å²) in [5, 5.41) is 20.1. The molecule has 0 aliphatic carbocycles. The molecular formula is C15H20N2O4. The number of hydrogen-bond donors (Lipinski definition) is 3. The van der Waals surface area contributed by atoms with E-state index in [0.717, 1.165) is 11.6 Å². The van der Waals surface area contributed by atoms with Crippen molar-refractivity contribution in [2.75, 3.05) is 25.0 Å². The Kier molecular flexibility index (Phi) is 6.97. The van der Waals surface area contributed by atoms with Gasteiger partial charge in [0.15, 0.2) is 0 Å². The first-order chi connectivity index (χ1) is 10.1. The first kappa shape index (κ1) is 16.7. The summed E-state index contributed by atoms with van der Waals surface area (Å²) in [4.78, 5) is 24.0. The standard InChI is InChI=1S/C15H20N2O4/c1-2-17(10-3-11-18)15(21)16-13-7-4-12(5-8-13)6-9-14(19)20/h4-9,18H,2-3,10-11H2,1H3,(H,16,21)(H,19,20)/b9-6+. The number of carboxylic acid groups (broad SMARTS) is 1. The van der Waals surface area contributed by atoms with Crippen molar-refractivity contribution in [3.63, 3.8) is 0 Å². The van der Waals surface area contributed by atoms with Crippen molar-refractivity contribution < 1.29 is 19.8 Å². The molecule has 0 heterocycles. The average molecular weight is 292 g/mol. The molecule has 0 spiro atoms. The highest BCUT2D eigenvalue weighted by Gasteiger charge is 2.10. The zero-order valence-corrected chi connectivity index (χ0v) is 12.0. The van der Waals surface area contributed by atoms with E-state index in [1.165, 1.54) is 6.08 Å². The molecule has 1 aromatic rings. The Balaban J connectivity index is 2.62. The highest BCUT2D eigenvalue weighted by Crippen LogP contribution is 2.11. The third-order valence-corrected chi connectivity index (χ3v) is 2.84. The van der Waals surface area contributed by atoms with Gasteiger partial charge in [0.05, 0.1) is 0 Å². The van der Waals surface area contributed by atoms with Crippen LogP contribution in [0.5, 0.6) is 0 Å². The lowest BCUT2D eigenvalue weighted by atomic mass is 10.2. The van der Waals surface area contributed by atoms with Crippen LogP contribution < -0.4 is 5.32 Å². The molecular weight excluding hydrogens is 272 g/mol. The third-order valence-electron chi connectivity index (χ3n) is 2.84. The number of aliphatic carboxylic acids is 1. The summed E-state index contributed by atoms with van der Waals surface area (Å²) >= 11 is 0. The second-order valence-electron chi connectivity index (χ2n) is 4.38. The van der Waals surface area contributed by atoms with Gasteiger partial charge in [-0.1, -0.05) is 12.1 Å². The molecule has 0 aliphatic rings. The number of nitrogens with zero attached hydrogens (tertiary/aromatic N) is 1. The summed E-state index contributed by atoms with van der Waals surface area (Å²) < 4.78 is 0. The van der Waals surface area contributed by atoms with Crippen molar-refractivity contribution in [1.82, 2.24) is 4.90 Å². The van der Waals surface area contributed by atoms with Crippen LogP contribution in [0.15, 0.2) is 30.3 Å². The van der Waals surface area contributed by atoms with E-state index >= 15 is 0 Å². The summed E-state index contributed by atoms with van der Waals surface area (Å²) in [6, 6.07) is 6.64. The van der Waals surface area contributed by atoms with E-state index in [-0.39, 0.29) is 12.6 Å². The Morgan fingerprint density at radius 3 is 2.48 bits per heavy atom. The fourth-order valence-electron chi connectivity index (χ4n) is 1.71. The van der Waals surface area contributed by atoms with Crippen LogP contribution in [0.4, 0.5) is 10.5 Å². The number of anilines is 1. The molecule has 0 fully saturated rings. The Hall–Kier alpha value is -2.34. The molecule has 6 nitrogen and oxygen atoms in total. The predicted molar refractivity (Wildman–Crippen MR) is 81.1 cm³/mol. The van der Waals surface area contributed by atoms with Crippen molar-refractivity contribution in [1.29, 1.82) is 0 Å². The smallest absolute Gasteiger partial charge is 0.328 e. The van der Waals surface area contributed by atoms with Crippen LogP contribution in [0.25, 0.3) is 6.08 Å². The first-order valence-electron chi connectivity index (χ1n) is 6.74. The molecule has 0 unspecified atom stereocenters. The number of aliphatic hydroxyl groups is 1. The van der Waals surface area contributed by atoms with E-state index < -0.39 is 5.97 Å². The normalized spacial score (nSPS) is 10.6. The largest absolute Gasteiger partial charge is 0.478 e. The van der Waals surface area contributed by atoms with Crippen molar-refractivity contribution in [2.24, 2.45) is 0 Å². The van der Waals surface area contributed by atoms with Crippen LogP contribution in [-0.4, -0.2) is 46.8 Å². The summed E-state index contributed by atoms with van der Waals surface area (Å²) in [6.45, 7) is 2.98. The maximum absolute atomic E-state index is 12.0. The zero-order valence-electron chi connectivity index (χ0n) is 12.0. The van der Waals surface area contributed by atoms with Crippen LogP contribution in [0.2, 0.25) is 0 Å². The van der Waals surface area contributed by atoms with Crippen LogP contribution in [0.1, 0.15) is 18.9 Å². The maximum Gasteiger partial charge on any atom is 0.328 e. The number of benzene rings is 1. The Morgan fingerprint density at radius 2 is 1.95 bits per heavy atom. The quantitative estimate of drug-likeness (QED) is 0.671. The average Bonchev–Trinajstić information content (AvgIpc) is 2.47. The fourth-order valence-corrected chi connectivity index (χ4v) is 1.71. The molecule has 1 aromatic carbocycles. The molecule has 21 heavy (non-hydrogen) atoms. The summed E-state index contributed by atoms with van der Waals surface area (Å²) in [6.07, 6.45) is 3.08. The zero-order chi connectivity index (χ0) is 15.7. The van der Waals surface area contributed by atoms with Gasteiger partial charge in [0.1, 0.15) is 0 Å². The van der Waals surface area contributed by atoms with Gasteiger partial charge in [-0.3, -0.25) is 0 Å². The number of hydrogen-bond acceptors (Lipinski definition) is 3. The summed E-state index contributed by atoms with van der Waals surface area (Å²) in [5.41, 5.74) is 1.37. The SMILES string of the molecule is CCN(CCCO)C(=O)Nc1ccc(/C=C/C(=O)O)cc1. The number of carbonyl (C=O) groups excluding carboxylic acids is 1. The molecule has 1 rings (SSSR count). The van der Waals surface area contributed by atoms with Gasteiger partial charge in [-0.15, -0.1) is 0 Å². The van der Waals surface area contributed by atoms with Crippen molar-refractivity contribution in [2.45, 2.75) is 13.3 Å². The van der Waals surface area contributed by atoms with E-state index in [0.29, 0.717) is 25.2 Å². The molecule has 2 amide bonds. The van der Waals surface area contributed by atoms with Crippen LogP contribution in [0, 0.1) is 0 Å². The van der Waals surface area contributed by atoms with Crippen molar-refractivity contribution in [3.05, 3.63) is 35.9 Å². The van der Waals surface area contributed by atoms with Crippen molar-refractivity contribution >= 4 is 23.8 Å². The van der Waals surface area contributed by atoms with Gasteiger partial charge in [-0.25, -0.2) is 9.59 Å². The molecule has 114 valence electrons. The first-order valence-corrected chi connectivity index (χ1v) is 6.74. The number of amides is 2. The number of nitrogens with one attached hydrogen (secondary N) is 1. The van der Waals surface area contributed by atoms with E-state index in [1.807, 2.05) is 6.92 Å². The highest BCUT2D eigenvalue weighted by atomic mass is 16.4. The van der Waals surface area contributed by atoms with Gasteiger partial charge in [0, 0.05) is 31.5 Å². The summed E-state index contributed by atoms with van der Waals surface area (Å²) in [7, 11) is 0. The number of urea groups is 1. The maximum atomic E-state index is 12.0. The van der Waals surface area contributed by atoms with Gasteiger partial charge < -0.3 is 20.4 Å². The fraction of sp³-hybridized carbons (Fsp3) is 0.333. The molecule has 0 radical (unpaired) electrons. The lowest BCUT2D eigenvalue weighted by Crippen LogP contribution is -2.35. The van der Waals surface area contributed by atoms with Crippen LogP contribution >= 0.6 is 0 Å².